The largest absolute Gasteiger partial charge is 0.382 e. The molecule has 0 bridgehead atoms. The molecule has 4 rings (SSSR count). The molecule has 0 saturated heterocycles. The molecule has 0 aliphatic heterocycles. The van der Waals surface area contributed by atoms with Crippen molar-refractivity contribution in [2.75, 3.05) is 18.5 Å². The molecule has 1 aliphatic rings. The number of fused-ring (bicyclic) bond motifs is 2. The van der Waals surface area contributed by atoms with E-state index in [1.807, 2.05) is 12.1 Å². The molecular weight excluding hydrogens is 526 g/mol. The summed E-state index contributed by atoms with van der Waals surface area (Å²) in [5, 5.41) is 0. The molecular formula is C18H18FIN6O3S. The van der Waals surface area contributed by atoms with Gasteiger partial charge in [0.1, 0.15) is 5.82 Å². The summed E-state index contributed by atoms with van der Waals surface area (Å²) in [6.07, 6.45) is 1.67. The minimum Gasteiger partial charge on any atom is -0.382 e. The van der Waals surface area contributed by atoms with Crippen LogP contribution in [0.2, 0.25) is 0 Å². The van der Waals surface area contributed by atoms with Gasteiger partial charge in [0.2, 0.25) is 10.0 Å². The zero-order valence-corrected chi connectivity index (χ0v) is 18.9. The van der Waals surface area contributed by atoms with E-state index in [0.717, 1.165) is 32.9 Å². The lowest BCUT2D eigenvalue weighted by Crippen LogP contribution is -2.26. The molecule has 0 fully saturated rings. The van der Waals surface area contributed by atoms with Crippen LogP contribution in [-0.4, -0.2) is 46.5 Å². The van der Waals surface area contributed by atoms with E-state index < -0.39 is 16.1 Å². The number of ketones is 1. The molecule has 1 aromatic carbocycles. The van der Waals surface area contributed by atoms with E-state index in [0.29, 0.717) is 18.7 Å². The Morgan fingerprint density at radius 1 is 1.27 bits per heavy atom. The van der Waals surface area contributed by atoms with Gasteiger partial charge < -0.3 is 10.3 Å². The van der Waals surface area contributed by atoms with Gasteiger partial charge in [-0.2, -0.15) is 14.4 Å². The molecule has 0 atom stereocenters. The van der Waals surface area contributed by atoms with Gasteiger partial charge >= 0.3 is 6.08 Å². The molecule has 158 valence electrons. The fourth-order valence-corrected chi connectivity index (χ4v) is 4.75. The van der Waals surface area contributed by atoms with Gasteiger partial charge in [0.15, 0.2) is 22.8 Å². The zero-order valence-electron chi connectivity index (χ0n) is 15.9. The monoisotopic (exact) mass is 544 g/mol. The van der Waals surface area contributed by atoms with Crippen molar-refractivity contribution >= 4 is 55.4 Å². The van der Waals surface area contributed by atoms with E-state index in [2.05, 4.69) is 42.3 Å². The van der Waals surface area contributed by atoms with Crippen molar-refractivity contribution in [3.63, 3.8) is 0 Å². The van der Waals surface area contributed by atoms with Gasteiger partial charge in [-0.3, -0.25) is 4.79 Å². The standard InChI is InChI=1S/C18H18FIN6O3S/c1-30(28,29)22-4-5-26-14(23-15-16(21)24-18(19)25-17(15)26)8-10-6-11-9(7-12(10)20)2-3-13(11)27/h6-7,22H,2-5,8H2,1H3,(H2,21,24,25). The lowest BCUT2D eigenvalue weighted by molar-refractivity contribution is 0.0994. The van der Waals surface area contributed by atoms with E-state index in [9.17, 15) is 17.6 Å². The number of nitrogens with zero attached hydrogens (tertiary/aromatic N) is 4. The van der Waals surface area contributed by atoms with Crippen molar-refractivity contribution in [2.45, 2.75) is 25.8 Å². The van der Waals surface area contributed by atoms with Crippen molar-refractivity contribution in [1.29, 1.82) is 0 Å². The highest BCUT2D eigenvalue weighted by atomic mass is 127. The van der Waals surface area contributed by atoms with E-state index in [1.54, 1.807) is 4.57 Å². The molecule has 3 aromatic rings. The number of nitrogens with one attached hydrogen (secondary N) is 1. The highest BCUT2D eigenvalue weighted by Crippen LogP contribution is 2.29. The summed E-state index contributed by atoms with van der Waals surface area (Å²) >= 11 is 2.22. The molecule has 0 radical (unpaired) electrons. The number of sulfonamides is 1. The third kappa shape index (κ3) is 4.16. The Labute approximate surface area is 185 Å². The summed E-state index contributed by atoms with van der Waals surface area (Å²) in [6, 6.07) is 3.88. The molecule has 9 nitrogen and oxygen atoms in total. The van der Waals surface area contributed by atoms with E-state index in [1.165, 1.54) is 0 Å². The maximum atomic E-state index is 13.8. The lowest BCUT2D eigenvalue weighted by atomic mass is 10.0. The van der Waals surface area contributed by atoms with Crippen LogP contribution in [0.3, 0.4) is 0 Å². The fraction of sp³-hybridized carbons (Fsp3) is 0.333. The number of carbonyl (C=O) groups is 1. The summed E-state index contributed by atoms with van der Waals surface area (Å²) in [5.74, 6) is 0.549. The second kappa shape index (κ2) is 7.81. The van der Waals surface area contributed by atoms with Crippen LogP contribution in [-0.2, 0) is 29.4 Å². The first-order valence-corrected chi connectivity index (χ1v) is 12.1. The first kappa shape index (κ1) is 21.1. The third-order valence-corrected chi connectivity index (χ3v) is 6.65. The number of nitrogen functional groups attached to an aromatic ring is 1. The number of hydrogen-bond acceptors (Lipinski definition) is 7. The van der Waals surface area contributed by atoms with Crippen LogP contribution in [0.1, 0.15) is 33.7 Å². The number of carbonyl (C=O) groups excluding carboxylic acids is 1. The van der Waals surface area contributed by atoms with Crippen molar-refractivity contribution in [3.8, 4) is 0 Å². The second-order valence-electron chi connectivity index (χ2n) is 7.10. The van der Waals surface area contributed by atoms with E-state index in [-0.39, 0.29) is 35.9 Å². The van der Waals surface area contributed by atoms with Crippen LogP contribution < -0.4 is 10.5 Å². The van der Waals surface area contributed by atoms with Gasteiger partial charge in [-0.15, -0.1) is 0 Å². The molecule has 12 heteroatoms. The Hall–Kier alpha value is -2.19. The van der Waals surface area contributed by atoms with Gasteiger partial charge in [-0.1, -0.05) is 0 Å². The number of rotatable bonds is 6. The predicted molar refractivity (Wildman–Crippen MR) is 117 cm³/mol. The van der Waals surface area contributed by atoms with Crippen LogP contribution in [0.15, 0.2) is 12.1 Å². The molecule has 0 amide bonds. The maximum Gasteiger partial charge on any atom is 0.312 e. The minimum absolute atomic E-state index is 0.0720. The summed E-state index contributed by atoms with van der Waals surface area (Å²) in [5.41, 5.74) is 8.92. The summed E-state index contributed by atoms with van der Waals surface area (Å²) < 4.78 is 41.6. The van der Waals surface area contributed by atoms with Gasteiger partial charge in [-0.05, 0) is 52.3 Å². The Morgan fingerprint density at radius 2 is 2.03 bits per heavy atom. The molecule has 0 spiro atoms. The van der Waals surface area contributed by atoms with E-state index >= 15 is 0 Å². The van der Waals surface area contributed by atoms with Crippen molar-refractivity contribution in [2.24, 2.45) is 0 Å². The molecule has 30 heavy (non-hydrogen) atoms. The van der Waals surface area contributed by atoms with Gasteiger partial charge in [-0.25, -0.2) is 18.1 Å². The third-order valence-electron chi connectivity index (χ3n) is 4.92. The fourth-order valence-electron chi connectivity index (χ4n) is 3.57. The highest BCUT2D eigenvalue weighted by Gasteiger charge is 2.23. The van der Waals surface area contributed by atoms with Gasteiger partial charge in [0.25, 0.3) is 0 Å². The number of Topliss-reactive ketones (excluding diaryl/α,β-unsaturated/α-hetero) is 1. The molecule has 0 saturated carbocycles. The summed E-state index contributed by atoms with van der Waals surface area (Å²) in [4.78, 5) is 24.0. The quantitative estimate of drug-likeness (QED) is 0.354. The van der Waals surface area contributed by atoms with E-state index in [4.69, 9.17) is 5.73 Å². The SMILES string of the molecule is CS(=O)(=O)NCCn1c(Cc2cc3c(cc2I)CCC3=O)nc2c(N)nc(F)nc21. The summed E-state index contributed by atoms with van der Waals surface area (Å²) in [7, 11) is -3.39. The predicted octanol–water partition coefficient (Wildman–Crippen LogP) is 1.42. The molecule has 1 aliphatic carbocycles. The molecule has 3 N–H and O–H groups in total. The summed E-state index contributed by atoms with van der Waals surface area (Å²) in [6.45, 7) is 0.248. The molecule has 2 heterocycles. The first-order chi connectivity index (χ1) is 14.1. The minimum atomic E-state index is -3.39. The number of aromatic nitrogens is 4. The second-order valence-corrected chi connectivity index (χ2v) is 10.1. The Morgan fingerprint density at radius 3 is 2.77 bits per heavy atom. The number of halogens is 2. The number of aryl methyl sites for hydroxylation is 1. The van der Waals surface area contributed by atoms with Gasteiger partial charge in [0.05, 0.1) is 6.26 Å². The van der Waals surface area contributed by atoms with Crippen LogP contribution in [0.5, 0.6) is 0 Å². The number of benzene rings is 1. The van der Waals surface area contributed by atoms with Crippen LogP contribution >= 0.6 is 22.6 Å². The maximum absolute atomic E-state index is 13.8. The smallest absolute Gasteiger partial charge is 0.312 e. The Kier molecular flexibility index (Phi) is 5.48. The van der Waals surface area contributed by atoms with Crippen molar-refractivity contribution < 1.29 is 17.6 Å². The number of hydrogen-bond donors (Lipinski definition) is 2. The number of imidazole rings is 1. The molecule has 0 unspecified atom stereocenters. The first-order valence-electron chi connectivity index (χ1n) is 9.09. The normalized spacial score (nSPS) is 13.9. The van der Waals surface area contributed by atoms with Crippen LogP contribution in [0.25, 0.3) is 11.2 Å². The highest BCUT2D eigenvalue weighted by molar-refractivity contribution is 14.1. The average molecular weight is 544 g/mol. The van der Waals surface area contributed by atoms with Crippen molar-refractivity contribution in [1.82, 2.24) is 24.2 Å². The zero-order chi connectivity index (χ0) is 21.6. The molecule has 2 aromatic heterocycles. The van der Waals surface area contributed by atoms with Crippen molar-refractivity contribution in [3.05, 3.63) is 44.3 Å². The average Bonchev–Trinajstić information content (AvgIpc) is 3.16. The Bertz CT molecular complexity index is 1290. The van der Waals surface area contributed by atoms with Gasteiger partial charge in [0, 0.05) is 35.1 Å². The number of nitrogens with two attached hydrogens (primary N) is 1. The van der Waals surface area contributed by atoms with Crippen LogP contribution in [0.4, 0.5) is 10.2 Å². The van der Waals surface area contributed by atoms with Crippen LogP contribution in [0, 0.1) is 9.65 Å². The number of anilines is 1. The Balaban J connectivity index is 1.76. The lowest BCUT2D eigenvalue weighted by Gasteiger charge is -2.11. The topological polar surface area (TPSA) is 133 Å².